The van der Waals surface area contributed by atoms with Gasteiger partial charge in [0.25, 0.3) is 0 Å². The molecule has 0 saturated heterocycles. The second kappa shape index (κ2) is 6.37. The molecule has 18 heavy (non-hydrogen) atoms. The monoisotopic (exact) mass is 384 g/mol. The lowest BCUT2D eigenvalue weighted by atomic mass is 10.2. The van der Waals surface area contributed by atoms with Crippen LogP contribution in [0.5, 0.6) is 0 Å². The number of thiophene rings is 1. The highest BCUT2D eigenvalue weighted by molar-refractivity contribution is 9.11. The summed E-state index contributed by atoms with van der Waals surface area (Å²) < 4.78 is 2.07. The Labute approximate surface area is 127 Å². The number of benzene rings is 1. The maximum atomic E-state index is 9.05. The summed E-state index contributed by atoms with van der Waals surface area (Å²) in [6, 6.07) is 12.0. The Morgan fingerprint density at radius 2 is 2.06 bits per heavy atom. The van der Waals surface area contributed by atoms with Crippen molar-refractivity contribution < 1.29 is 0 Å². The number of anilines is 1. The Hall–Kier alpha value is -0.830. The zero-order chi connectivity index (χ0) is 13.0. The van der Waals surface area contributed by atoms with Crippen LogP contribution in [0.25, 0.3) is 0 Å². The molecule has 1 aromatic carbocycles. The van der Waals surface area contributed by atoms with Crippen molar-refractivity contribution in [1.29, 1.82) is 5.26 Å². The summed E-state index contributed by atoms with van der Waals surface area (Å²) in [7, 11) is 0. The molecule has 0 atom stereocenters. The molecule has 1 heterocycles. The Morgan fingerprint density at radius 1 is 1.22 bits per heavy atom. The average Bonchev–Trinajstić information content (AvgIpc) is 2.77. The highest BCUT2D eigenvalue weighted by atomic mass is 79.9. The van der Waals surface area contributed by atoms with Gasteiger partial charge in [-0.25, -0.2) is 0 Å². The summed E-state index contributed by atoms with van der Waals surface area (Å²) in [6.07, 6.45) is 0.956. The topological polar surface area (TPSA) is 35.8 Å². The first kappa shape index (κ1) is 13.6. The van der Waals surface area contributed by atoms with Crippen LogP contribution in [0.4, 0.5) is 5.69 Å². The Kier molecular flexibility index (Phi) is 4.81. The average molecular weight is 386 g/mol. The minimum Gasteiger partial charge on any atom is -0.384 e. The zero-order valence-electron chi connectivity index (χ0n) is 9.41. The smallest absolute Gasteiger partial charge is 0.101 e. The van der Waals surface area contributed by atoms with E-state index in [1.54, 1.807) is 11.3 Å². The summed E-state index contributed by atoms with van der Waals surface area (Å²) >= 11 is 8.55. The number of nitriles is 1. The normalized spacial score (nSPS) is 10.1. The van der Waals surface area contributed by atoms with E-state index in [1.165, 1.54) is 4.88 Å². The van der Waals surface area contributed by atoms with E-state index < -0.39 is 0 Å². The van der Waals surface area contributed by atoms with E-state index in [0.717, 1.165) is 26.9 Å². The predicted molar refractivity (Wildman–Crippen MR) is 83.1 cm³/mol. The summed E-state index contributed by atoms with van der Waals surface area (Å²) in [5.41, 5.74) is 1.55. The van der Waals surface area contributed by atoms with Gasteiger partial charge >= 0.3 is 0 Å². The lowest BCUT2D eigenvalue weighted by Crippen LogP contribution is -2.05. The fourth-order valence-electron chi connectivity index (χ4n) is 1.57. The summed E-state index contributed by atoms with van der Waals surface area (Å²) in [5, 5.41) is 12.3. The zero-order valence-corrected chi connectivity index (χ0v) is 13.4. The predicted octanol–water partition coefficient (Wildman–Crippen LogP) is 4.80. The molecule has 5 heteroatoms. The van der Waals surface area contributed by atoms with Crippen LogP contribution in [0.2, 0.25) is 0 Å². The van der Waals surface area contributed by atoms with Gasteiger partial charge in [0.2, 0.25) is 0 Å². The molecule has 0 aliphatic heterocycles. The first-order valence-corrected chi connectivity index (χ1v) is 7.77. The Bertz CT molecular complexity index is 587. The number of hydrogen-bond acceptors (Lipinski definition) is 3. The second-order valence-electron chi connectivity index (χ2n) is 3.68. The van der Waals surface area contributed by atoms with Crippen molar-refractivity contribution in [3.63, 3.8) is 0 Å². The number of hydrogen-bond donors (Lipinski definition) is 1. The second-order valence-corrected chi connectivity index (χ2v) is 7.15. The Morgan fingerprint density at radius 3 is 2.72 bits per heavy atom. The molecule has 2 aromatic rings. The first-order chi connectivity index (χ1) is 8.69. The van der Waals surface area contributed by atoms with Crippen molar-refractivity contribution in [2.45, 2.75) is 6.42 Å². The van der Waals surface area contributed by atoms with Gasteiger partial charge in [0, 0.05) is 15.9 Å². The van der Waals surface area contributed by atoms with E-state index in [1.807, 2.05) is 18.2 Å². The fourth-order valence-corrected chi connectivity index (χ4v) is 3.41. The fraction of sp³-hybridized carbons (Fsp3) is 0.154. The molecule has 2 rings (SSSR count). The van der Waals surface area contributed by atoms with Crippen molar-refractivity contribution in [2.75, 3.05) is 11.9 Å². The quantitative estimate of drug-likeness (QED) is 0.820. The van der Waals surface area contributed by atoms with Crippen molar-refractivity contribution in [1.82, 2.24) is 0 Å². The highest BCUT2D eigenvalue weighted by Crippen LogP contribution is 2.23. The summed E-state index contributed by atoms with van der Waals surface area (Å²) in [4.78, 5) is 1.32. The standard InChI is InChI=1S/C13H10Br2N2S/c14-10-1-3-12(9(7-10)8-16)17-6-5-11-2-4-13(15)18-11/h1-4,7,17H,5-6H2. The number of rotatable bonds is 4. The largest absolute Gasteiger partial charge is 0.384 e. The van der Waals surface area contributed by atoms with E-state index in [9.17, 15) is 0 Å². The molecule has 92 valence electrons. The molecule has 1 N–H and O–H groups in total. The van der Waals surface area contributed by atoms with Gasteiger partial charge in [0.15, 0.2) is 0 Å². The van der Waals surface area contributed by atoms with Gasteiger partial charge in [0.05, 0.1) is 15.0 Å². The molecule has 2 nitrogen and oxygen atoms in total. The van der Waals surface area contributed by atoms with Gasteiger partial charge in [-0.05, 0) is 52.7 Å². The van der Waals surface area contributed by atoms with E-state index in [0.29, 0.717) is 5.56 Å². The van der Waals surface area contributed by atoms with Crippen LogP contribution in [-0.2, 0) is 6.42 Å². The molecule has 0 aliphatic carbocycles. The van der Waals surface area contributed by atoms with Crippen LogP contribution in [0.15, 0.2) is 38.6 Å². The van der Waals surface area contributed by atoms with Crippen molar-refractivity contribution in [2.24, 2.45) is 0 Å². The van der Waals surface area contributed by atoms with Gasteiger partial charge < -0.3 is 5.32 Å². The molecule has 0 amide bonds. The highest BCUT2D eigenvalue weighted by Gasteiger charge is 2.03. The first-order valence-electron chi connectivity index (χ1n) is 5.37. The van der Waals surface area contributed by atoms with Gasteiger partial charge in [-0.3, -0.25) is 0 Å². The van der Waals surface area contributed by atoms with Crippen LogP contribution >= 0.6 is 43.2 Å². The Balaban J connectivity index is 1.96. The van der Waals surface area contributed by atoms with Crippen LogP contribution in [0.3, 0.4) is 0 Å². The third-order valence-corrected chi connectivity index (χ3v) is 4.59. The molecule has 0 bridgehead atoms. The van der Waals surface area contributed by atoms with Gasteiger partial charge in [-0.15, -0.1) is 11.3 Å². The van der Waals surface area contributed by atoms with Crippen molar-refractivity contribution >= 4 is 48.9 Å². The van der Waals surface area contributed by atoms with Gasteiger partial charge in [0.1, 0.15) is 6.07 Å². The molecule has 0 fully saturated rings. The molecular formula is C13H10Br2N2S. The van der Waals surface area contributed by atoms with Crippen LogP contribution < -0.4 is 5.32 Å². The summed E-state index contributed by atoms with van der Waals surface area (Å²) in [5.74, 6) is 0. The molecule has 1 aromatic heterocycles. The molecule has 0 radical (unpaired) electrons. The van der Waals surface area contributed by atoms with Crippen LogP contribution in [0.1, 0.15) is 10.4 Å². The molecule has 0 spiro atoms. The maximum absolute atomic E-state index is 9.05. The molecule has 0 aliphatic rings. The minimum atomic E-state index is 0.664. The summed E-state index contributed by atoms with van der Waals surface area (Å²) in [6.45, 7) is 0.823. The van der Waals surface area contributed by atoms with Crippen molar-refractivity contribution in [3.8, 4) is 6.07 Å². The third kappa shape index (κ3) is 3.58. The van der Waals surface area contributed by atoms with Crippen molar-refractivity contribution in [3.05, 3.63) is 49.0 Å². The number of halogens is 2. The van der Waals surface area contributed by atoms with Crippen LogP contribution in [0, 0.1) is 11.3 Å². The maximum Gasteiger partial charge on any atom is 0.101 e. The number of nitrogens with one attached hydrogen (secondary N) is 1. The van der Waals surface area contributed by atoms with E-state index >= 15 is 0 Å². The molecule has 0 unspecified atom stereocenters. The lowest BCUT2D eigenvalue weighted by Gasteiger charge is -2.07. The number of nitrogens with zero attached hydrogens (tertiary/aromatic N) is 1. The van der Waals surface area contributed by atoms with Crippen LogP contribution in [-0.4, -0.2) is 6.54 Å². The van der Waals surface area contributed by atoms with Gasteiger partial charge in [-0.1, -0.05) is 15.9 Å². The lowest BCUT2D eigenvalue weighted by molar-refractivity contribution is 1.04. The van der Waals surface area contributed by atoms with E-state index in [-0.39, 0.29) is 0 Å². The molecule has 0 saturated carbocycles. The molecular weight excluding hydrogens is 376 g/mol. The van der Waals surface area contributed by atoms with Gasteiger partial charge in [-0.2, -0.15) is 5.26 Å². The third-order valence-electron chi connectivity index (χ3n) is 2.42. The van der Waals surface area contributed by atoms with E-state index in [2.05, 4.69) is 55.4 Å². The SMILES string of the molecule is N#Cc1cc(Br)ccc1NCCc1ccc(Br)s1. The van der Waals surface area contributed by atoms with E-state index in [4.69, 9.17) is 5.26 Å². The minimum absolute atomic E-state index is 0.664.